The van der Waals surface area contributed by atoms with E-state index in [2.05, 4.69) is 20.5 Å². The lowest BCUT2D eigenvalue weighted by atomic mass is 10.2. The zero-order valence-electron chi connectivity index (χ0n) is 13.4. The summed E-state index contributed by atoms with van der Waals surface area (Å²) in [7, 11) is 0. The highest BCUT2D eigenvalue weighted by Crippen LogP contribution is 2.10. The predicted molar refractivity (Wildman–Crippen MR) is 83.0 cm³/mol. The van der Waals surface area contributed by atoms with Gasteiger partial charge in [0.05, 0.1) is 37.7 Å². The van der Waals surface area contributed by atoms with Crippen molar-refractivity contribution in [2.45, 2.75) is 26.5 Å². The molecule has 0 aliphatic carbocycles. The van der Waals surface area contributed by atoms with Crippen molar-refractivity contribution in [3.63, 3.8) is 0 Å². The lowest BCUT2D eigenvalue weighted by Crippen LogP contribution is -2.47. The van der Waals surface area contributed by atoms with Crippen LogP contribution in [0, 0.1) is 13.8 Å². The van der Waals surface area contributed by atoms with Gasteiger partial charge in [0.2, 0.25) is 11.8 Å². The lowest BCUT2D eigenvalue weighted by molar-refractivity contribution is -0.119. The first-order chi connectivity index (χ1) is 11.1. The van der Waals surface area contributed by atoms with Crippen molar-refractivity contribution >= 4 is 11.8 Å². The average molecular weight is 319 g/mol. The summed E-state index contributed by atoms with van der Waals surface area (Å²) in [5, 5.41) is 10.7. The predicted octanol–water partition coefficient (Wildman–Crippen LogP) is 0.827. The zero-order valence-corrected chi connectivity index (χ0v) is 13.4. The number of nitrogens with one attached hydrogen (secondary N) is 1. The topological polar surface area (TPSA) is 85.4 Å². The van der Waals surface area contributed by atoms with Gasteiger partial charge in [-0.05, 0) is 19.4 Å². The molecule has 8 heteroatoms. The van der Waals surface area contributed by atoms with Crippen molar-refractivity contribution in [3.05, 3.63) is 29.7 Å². The molecule has 8 nitrogen and oxygen atoms in total. The van der Waals surface area contributed by atoms with E-state index >= 15 is 0 Å². The van der Waals surface area contributed by atoms with E-state index in [1.807, 2.05) is 30.9 Å². The Hall–Kier alpha value is -2.19. The summed E-state index contributed by atoms with van der Waals surface area (Å²) in [5.41, 5.74) is 1.86. The first-order valence-electron chi connectivity index (χ1n) is 7.64. The molecule has 2 aromatic rings. The first kappa shape index (κ1) is 15.7. The largest absolute Gasteiger partial charge is 0.374 e. The van der Waals surface area contributed by atoms with Crippen LogP contribution in [0.15, 0.2) is 23.0 Å². The van der Waals surface area contributed by atoms with Crippen molar-refractivity contribution in [3.8, 4) is 0 Å². The van der Waals surface area contributed by atoms with Gasteiger partial charge < -0.3 is 9.26 Å². The second-order valence-electron chi connectivity index (χ2n) is 5.85. The number of ether oxygens (including phenoxy) is 1. The van der Waals surface area contributed by atoms with E-state index in [-0.39, 0.29) is 12.0 Å². The Morgan fingerprint density at radius 3 is 3.04 bits per heavy atom. The number of carbonyl (C=O) groups is 1. The van der Waals surface area contributed by atoms with Crippen LogP contribution >= 0.6 is 0 Å². The molecule has 0 spiro atoms. The number of aromatic nitrogens is 3. The number of morpholine rings is 1. The molecule has 124 valence electrons. The van der Waals surface area contributed by atoms with Crippen LogP contribution in [0.25, 0.3) is 0 Å². The second kappa shape index (κ2) is 6.93. The summed E-state index contributed by atoms with van der Waals surface area (Å²) in [6, 6.07) is 1.69. The van der Waals surface area contributed by atoms with Crippen molar-refractivity contribution in [2.24, 2.45) is 0 Å². The van der Waals surface area contributed by atoms with Gasteiger partial charge in [-0.3, -0.25) is 19.7 Å². The van der Waals surface area contributed by atoms with Gasteiger partial charge in [0.1, 0.15) is 0 Å². The maximum Gasteiger partial charge on any atom is 0.240 e. The number of amides is 1. The first-order valence-corrected chi connectivity index (χ1v) is 7.64. The van der Waals surface area contributed by atoms with E-state index in [4.69, 9.17) is 9.26 Å². The Kier molecular flexibility index (Phi) is 4.73. The molecule has 1 amide bonds. The van der Waals surface area contributed by atoms with Gasteiger partial charge in [-0.15, -0.1) is 0 Å². The van der Waals surface area contributed by atoms with Crippen LogP contribution in [0.1, 0.15) is 11.3 Å². The number of hydrogen-bond donors (Lipinski definition) is 1. The Morgan fingerprint density at radius 2 is 2.35 bits per heavy atom. The average Bonchev–Trinajstić information content (AvgIpc) is 3.08. The highest BCUT2D eigenvalue weighted by atomic mass is 16.5. The van der Waals surface area contributed by atoms with Gasteiger partial charge in [-0.2, -0.15) is 5.10 Å². The Bertz CT molecular complexity index is 666. The third-order valence-electron chi connectivity index (χ3n) is 3.63. The van der Waals surface area contributed by atoms with Gasteiger partial charge in [0, 0.05) is 25.4 Å². The van der Waals surface area contributed by atoms with Crippen LogP contribution in [-0.2, 0) is 16.1 Å². The Balaban J connectivity index is 1.49. The maximum atomic E-state index is 12.1. The minimum absolute atomic E-state index is 0.0309. The molecule has 0 radical (unpaired) electrons. The van der Waals surface area contributed by atoms with Crippen LogP contribution in [0.2, 0.25) is 0 Å². The summed E-state index contributed by atoms with van der Waals surface area (Å²) in [6.45, 7) is 6.85. The summed E-state index contributed by atoms with van der Waals surface area (Å²) < 4.78 is 12.6. The summed E-state index contributed by atoms with van der Waals surface area (Å²) >= 11 is 0. The number of aryl methyl sites for hydroxylation is 2. The molecule has 1 atom stereocenters. The van der Waals surface area contributed by atoms with E-state index < -0.39 is 0 Å². The van der Waals surface area contributed by atoms with Gasteiger partial charge in [0.25, 0.3) is 0 Å². The van der Waals surface area contributed by atoms with Gasteiger partial charge >= 0.3 is 0 Å². The zero-order chi connectivity index (χ0) is 16.2. The molecular formula is C15H21N5O3. The lowest BCUT2D eigenvalue weighted by Gasteiger charge is -2.32. The van der Waals surface area contributed by atoms with Gasteiger partial charge in [-0.25, -0.2) is 0 Å². The van der Waals surface area contributed by atoms with Crippen LogP contribution in [-0.4, -0.2) is 58.1 Å². The van der Waals surface area contributed by atoms with Crippen LogP contribution in [0.5, 0.6) is 0 Å². The summed E-state index contributed by atoms with van der Waals surface area (Å²) in [5.74, 6) is 0.265. The number of anilines is 1. The fourth-order valence-corrected chi connectivity index (χ4v) is 2.61. The molecule has 0 aromatic carbocycles. The molecule has 1 saturated heterocycles. The number of rotatable bonds is 5. The van der Waals surface area contributed by atoms with Crippen molar-refractivity contribution < 1.29 is 14.1 Å². The van der Waals surface area contributed by atoms with E-state index in [1.165, 1.54) is 0 Å². The molecule has 3 rings (SSSR count). The van der Waals surface area contributed by atoms with Crippen LogP contribution < -0.4 is 5.32 Å². The van der Waals surface area contributed by atoms with Crippen molar-refractivity contribution in [1.29, 1.82) is 0 Å². The molecule has 3 heterocycles. The minimum Gasteiger partial charge on any atom is -0.374 e. The molecule has 0 saturated carbocycles. The molecule has 1 aliphatic rings. The number of hydrogen-bond acceptors (Lipinski definition) is 6. The molecule has 0 bridgehead atoms. The van der Waals surface area contributed by atoms with E-state index in [0.717, 1.165) is 17.8 Å². The quantitative estimate of drug-likeness (QED) is 0.878. The minimum atomic E-state index is -0.114. The molecule has 1 N–H and O–H groups in total. The van der Waals surface area contributed by atoms with Gasteiger partial charge in [0.15, 0.2) is 0 Å². The number of nitrogens with zero attached hydrogens (tertiary/aromatic N) is 4. The van der Waals surface area contributed by atoms with E-state index in [0.29, 0.717) is 32.1 Å². The SMILES string of the molecule is Cc1cnn(CC2CN(CC(=O)Nc3cc(C)no3)CCO2)c1. The standard InChI is InChI=1S/C15H21N5O3/c1-11-6-16-20(7-11)9-13-8-19(3-4-22-13)10-14(21)17-15-5-12(2)18-23-15/h5-7,13H,3-4,8-10H2,1-2H3,(H,17,21). The highest BCUT2D eigenvalue weighted by molar-refractivity contribution is 5.90. The summed E-state index contributed by atoms with van der Waals surface area (Å²) in [6.07, 6.45) is 3.85. The Labute approximate surface area is 134 Å². The number of carbonyl (C=O) groups excluding carboxylic acids is 1. The maximum absolute atomic E-state index is 12.1. The monoisotopic (exact) mass is 319 g/mol. The summed E-state index contributed by atoms with van der Waals surface area (Å²) in [4.78, 5) is 14.1. The molecule has 1 aliphatic heterocycles. The Morgan fingerprint density at radius 1 is 1.48 bits per heavy atom. The molecular weight excluding hydrogens is 298 g/mol. The van der Waals surface area contributed by atoms with Crippen molar-refractivity contribution in [1.82, 2.24) is 19.8 Å². The molecule has 2 aromatic heterocycles. The fourth-order valence-electron chi connectivity index (χ4n) is 2.61. The highest BCUT2D eigenvalue weighted by Gasteiger charge is 2.23. The van der Waals surface area contributed by atoms with Crippen LogP contribution in [0.4, 0.5) is 5.88 Å². The smallest absolute Gasteiger partial charge is 0.240 e. The fraction of sp³-hybridized carbons (Fsp3) is 0.533. The molecule has 1 fully saturated rings. The normalized spacial score (nSPS) is 19.0. The third-order valence-corrected chi connectivity index (χ3v) is 3.63. The molecule has 1 unspecified atom stereocenters. The van der Waals surface area contributed by atoms with Crippen LogP contribution in [0.3, 0.4) is 0 Å². The van der Waals surface area contributed by atoms with E-state index in [9.17, 15) is 4.79 Å². The van der Waals surface area contributed by atoms with Crippen molar-refractivity contribution in [2.75, 3.05) is 31.6 Å². The third kappa shape index (κ3) is 4.40. The van der Waals surface area contributed by atoms with E-state index in [1.54, 1.807) is 6.07 Å². The molecule has 23 heavy (non-hydrogen) atoms. The van der Waals surface area contributed by atoms with Gasteiger partial charge in [-0.1, -0.05) is 5.16 Å². The second-order valence-corrected chi connectivity index (χ2v) is 5.85.